The Hall–Kier alpha value is -2.00. The van der Waals surface area contributed by atoms with E-state index in [1.165, 1.54) is 12.1 Å². The van der Waals surface area contributed by atoms with Gasteiger partial charge in [0.2, 0.25) is 0 Å². The van der Waals surface area contributed by atoms with Crippen LogP contribution in [0.5, 0.6) is 0 Å². The van der Waals surface area contributed by atoms with Crippen LogP contribution in [0, 0.1) is 0 Å². The Balaban J connectivity index is 2.95. The van der Waals surface area contributed by atoms with Gasteiger partial charge in [-0.1, -0.05) is 0 Å². The molecule has 0 saturated heterocycles. The monoisotopic (exact) mass is 370 g/mol. The summed E-state index contributed by atoms with van der Waals surface area (Å²) in [5.74, 6) is -2.32. The molecule has 0 aliphatic carbocycles. The van der Waals surface area contributed by atoms with Gasteiger partial charge in [0.25, 0.3) is 0 Å². The predicted octanol–water partition coefficient (Wildman–Crippen LogP) is 1.66. The highest BCUT2D eigenvalue weighted by atomic mass is 16.6. The number of carbonyl (C=O) groups is 2. The van der Waals surface area contributed by atoms with E-state index in [9.17, 15) is 19.8 Å². The number of aromatic carboxylic acids is 2. The van der Waals surface area contributed by atoms with Gasteiger partial charge in [-0.15, -0.1) is 0 Å². The standard InChI is InChI=1S/C18H26O8/c19-11-25-7-3-1-5-13-9-14(17(21)22)10-16(18(23)24)15(13)6-2-4-8-26-12-20/h9-10,19-20H,1-8,11-12H2,(H,21,22)(H,23,24). The molecule has 0 amide bonds. The van der Waals surface area contributed by atoms with Crippen molar-refractivity contribution in [1.82, 2.24) is 0 Å². The van der Waals surface area contributed by atoms with Crippen molar-refractivity contribution in [2.45, 2.75) is 38.5 Å². The third-order valence-corrected chi connectivity index (χ3v) is 3.95. The maximum atomic E-state index is 11.6. The highest BCUT2D eigenvalue weighted by molar-refractivity contribution is 5.95. The molecule has 0 spiro atoms. The summed E-state index contributed by atoms with van der Waals surface area (Å²) in [5, 5.41) is 35.9. The summed E-state index contributed by atoms with van der Waals surface area (Å²) < 4.78 is 9.72. The lowest BCUT2D eigenvalue weighted by atomic mass is 9.91. The average Bonchev–Trinajstić information content (AvgIpc) is 2.61. The molecule has 146 valence electrons. The number of ether oxygens (including phenoxy) is 2. The fourth-order valence-electron chi connectivity index (χ4n) is 2.72. The van der Waals surface area contributed by atoms with Crippen molar-refractivity contribution < 1.29 is 39.5 Å². The number of hydrogen-bond acceptors (Lipinski definition) is 6. The first kappa shape index (κ1) is 22.0. The lowest BCUT2D eigenvalue weighted by Gasteiger charge is -2.14. The van der Waals surface area contributed by atoms with Crippen molar-refractivity contribution in [2.24, 2.45) is 0 Å². The molecule has 0 saturated carbocycles. The number of carboxylic acid groups (broad SMARTS) is 2. The molecule has 1 aromatic rings. The maximum absolute atomic E-state index is 11.6. The Morgan fingerprint density at radius 1 is 0.808 bits per heavy atom. The Bertz CT molecular complexity index is 585. The fraction of sp³-hybridized carbons (Fsp3) is 0.556. The van der Waals surface area contributed by atoms with Gasteiger partial charge in [-0.3, -0.25) is 0 Å². The van der Waals surface area contributed by atoms with Crippen molar-refractivity contribution in [3.8, 4) is 0 Å². The SMILES string of the molecule is O=C(O)c1cc(CCCCOCO)c(CCCCOCO)c(C(=O)O)c1. The molecule has 0 atom stereocenters. The van der Waals surface area contributed by atoms with Gasteiger partial charge in [-0.05, 0) is 61.8 Å². The highest BCUT2D eigenvalue weighted by Gasteiger charge is 2.18. The van der Waals surface area contributed by atoms with Crippen LogP contribution in [-0.2, 0) is 22.3 Å². The number of unbranched alkanes of at least 4 members (excludes halogenated alkanes) is 2. The first-order valence-electron chi connectivity index (χ1n) is 8.50. The molecule has 0 heterocycles. The molecule has 8 heteroatoms. The van der Waals surface area contributed by atoms with Crippen molar-refractivity contribution in [2.75, 3.05) is 26.8 Å². The number of aliphatic hydroxyl groups is 2. The zero-order valence-electron chi connectivity index (χ0n) is 14.6. The molecular formula is C18H26O8. The number of aliphatic hydroxyl groups excluding tert-OH is 2. The molecule has 1 aromatic carbocycles. The minimum Gasteiger partial charge on any atom is -0.478 e. The van der Waals surface area contributed by atoms with Gasteiger partial charge in [0, 0.05) is 13.2 Å². The lowest BCUT2D eigenvalue weighted by Crippen LogP contribution is -2.11. The minimum absolute atomic E-state index is 0.00887. The summed E-state index contributed by atoms with van der Waals surface area (Å²) in [6.45, 7) is 0.0579. The minimum atomic E-state index is -1.17. The number of aryl methyl sites for hydroxylation is 1. The smallest absolute Gasteiger partial charge is 0.335 e. The molecule has 4 N–H and O–H groups in total. The molecule has 8 nitrogen and oxygen atoms in total. The summed E-state index contributed by atoms with van der Waals surface area (Å²) in [6.07, 6.45) is 3.68. The van der Waals surface area contributed by atoms with Crippen LogP contribution in [0.4, 0.5) is 0 Å². The van der Waals surface area contributed by atoms with Crippen molar-refractivity contribution in [1.29, 1.82) is 0 Å². The molecule has 0 unspecified atom stereocenters. The summed E-state index contributed by atoms with van der Waals surface area (Å²) in [5.41, 5.74) is 1.30. The molecule has 0 radical (unpaired) electrons. The average molecular weight is 370 g/mol. The van der Waals surface area contributed by atoms with E-state index >= 15 is 0 Å². The van der Waals surface area contributed by atoms with Gasteiger partial charge in [-0.2, -0.15) is 0 Å². The molecule has 0 fully saturated rings. The third-order valence-electron chi connectivity index (χ3n) is 3.95. The summed E-state index contributed by atoms with van der Waals surface area (Å²) in [6, 6.07) is 2.73. The van der Waals surface area contributed by atoms with E-state index < -0.39 is 11.9 Å². The summed E-state index contributed by atoms with van der Waals surface area (Å²) in [4.78, 5) is 22.9. The number of hydrogen-bond donors (Lipinski definition) is 4. The normalized spacial score (nSPS) is 10.8. The Morgan fingerprint density at radius 2 is 1.38 bits per heavy atom. The Kier molecular flexibility index (Phi) is 10.5. The zero-order chi connectivity index (χ0) is 19.4. The lowest BCUT2D eigenvalue weighted by molar-refractivity contribution is -0.00305. The van der Waals surface area contributed by atoms with E-state index in [0.29, 0.717) is 62.9 Å². The van der Waals surface area contributed by atoms with Crippen LogP contribution in [0.25, 0.3) is 0 Å². The summed E-state index contributed by atoms with van der Waals surface area (Å²) >= 11 is 0. The fourth-order valence-corrected chi connectivity index (χ4v) is 2.72. The number of rotatable bonds is 14. The van der Waals surface area contributed by atoms with Gasteiger partial charge in [0.15, 0.2) is 0 Å². The molecule has 0 aliphatic heterocycles. The van der Waals surface area contributed by atoms with E-state index in [1.807, 2.05) is 0 Å². The quantitative estimate of drug-likeness (QED) is 0.287. The predicted molar refractivity (Wildman–Crippen MR) is 92.3 cm³/mol. The van der Waals surface area contributed by atoms with Crippen LogP contribution in [0.1, 0.15) is 57.5 Å². The largest absolute Gasteiger partial charge is 0.478 e. The van der Waals surface area contributed by atoms with Crippen LogP contribution >= 0.6 is 0 Å². The first-order chi connectivity index (χ1) is 12.5. The van der Waals surface area contributed by atoms with Crippen LogP contribution < -0.4 is 0 Å². The van der Waals surface area contributed by atoms with E-state index in [4.69, 9.17) is 19.7 Å². The second-order valence-corrected chi connectivity index (χ2v) is 5.76. The summed E-state index contributed by atoms with van der Waals surface area (Å²) in [7, 11) is 0. The van der Waals surface area contributed by atoms with E-state index in [-0.39, 0.29) is 24.7 Å². The first-order valence-corrected chi connectivity index (χ1v) is 8.50. The van der Waals surface area contributed by atoms with E-state index in [0.717, 1.165) is 0 Å². The van der Waals surface area contributed by atoms with Gasteiger partial charge in [0.1, 0.15) is 13.6 Å². The molecule has 0 aliphatic rings. The van der Waals surface area contributed by atoms with Gasteiger partial charge in [0.05, 0.1) is 11.1 Å². The Morgan fingerprint density at radius 3 is 1.88 bits per heavy atom. The van der Waals surface area contributed by atoms with Gasteiger partial charge in [-0.25, -0.2) is 9.59 Å². The van der Waals surface area contributed by atoms with Crippen molar-refractivity contribution >= 4 is 11.9 Å². The molecule has 1 rings (SSSR count). The molecule has 0 bridgehead atoms. The van der Waals surface area contributed by atoms with Gasteiger partial charge >= 0.3 is 11.9 Å². The number of benzene rings is 1. The van der Waals surface area contributed by atoms with Crippen molar-refractivity contribution in [3.63, 3.8) is 0 Å². The van der Waals surface area contributed by atoms with Crippen LogP contribution in [-0.4, -0.2) is 59.2 Å². The topological polar surface area (TPSA) is 134 Å². The van der Waals surface area contributed by atoms with E-state index in [2.05, 4.69) is 0 Å². The van der Waals surface area contributed by atoms with Gasteiger partial charge < -0.3 is 29.9 Å². The second kappa shape index (κ2) is 12.4. The van der Waals surface area contributed by atoms with Crippen molar-refractivity contribution in [3.05, 3.63) is 34.4 Å². The zero-order valence-corrected chi connectivity index (χ0v) is 14.6. The van der Waals surface area contributed by atoms with Crippen LogP contribution in [0.3, 0.4) is 0 Å². The maximum Gasteiger partial charge on any atom is 0.335 e. The Labute approximate surface area is 152 Å². The van der Waals surface area contributed by atoms with E-state index in [1.54, 1.807) is 0 Å². The molecule has 0 aromatic heterocycles. The molecule has 26 heavy (non-hydrogen) atoms. The third kappa shape index (κ3) is 7.49. The van der Waals surface area contributed by atoms with Crippen LogP contribution in [0.15, 0.2) is 12.1 Å². The second-order valence-electron chi connectivity index (χ2n) is 5.76. The highest BCUT2D eigenvalue weighted by Crippen LogP contribution is 2.23. The number of carboxylic acids is 2. The van der Waals surface area contributed by atoms with Crippen LogP contribution in [0.2, 0.25) is 0 Å². The molecular weight excluding hydrogens is 344 g/mol.